The Morgan fingerprint density at radius 1 is 1.19 bits per heavy atom. The molecule has 0 saturated carbocycles. The number of halogens is 1. The SMILES string of the molecule is C/C=C/c1ccc(OCC(=O)NNC(=S)Nc2ccccc2F)c(OC)c1. The fourth-order valence-electron chi connectivity index (χ4n) is 2.12. The molecule has 6 nitrogen and oxygen atoms in total. The molecule has 2 aromatic carbocycles. The van der Waals surface area contributed by atoms with Crippen LogP contribution in [0.25, 0.3) is 6.08 Å². The summed E-state index contributed by atoms with van der Waals surface area (Å²) >= 11 is 5.00. The highest BCUT2D eigenvalue weighted by Crippen LogP contribution is 2.28. The molecule has 8 heteroatoms. The second kappa shape index (κ2) is 10.1. The summed E-state index contributed by atoms with van der Waals surface area (Å²) in [6, 6.07) is 11.4. The number of carbonyl (C=O) groups is 1. The number of anilines is 1. The van der Waals surface area contributed by atoms with Gasteiger partial charge < -0.3 is 14.8 Å². The molecular weight excluding hydrogens is 369 g/mol. The Morgan fingerprint density at radius 3 is 2.67 bits per heavy atom. The third-order valence-corrected chi connectivity index (χ3v) is 3.55. The molecule has 0 radical (unpaired) electrons. The van der Waals surface area contributed by atoms with Crippen LogP contribution >= 0.6 is 12.2 Å². The van der Waals surface area contributed by atoms with Crippen LogP contribution in [0.5, 0.6) is 11.5 Å². The topological polar surface area (TPSA) is 71.6 Å². The van der Waals surface area contributed by atoms with E-state index in [1.807, 2.05) is 25.1 Å². The molecule has 27 heavy (non-hydrogen) atoms. The van der Waals surface area contributed by atoms with Crippen molar-refractivity contribution in [1.82, 2.24) is 10.9 Å². The Kier molecular flexibility index (Phi) is 7.57. The Morgan fingerprint density at radius 2 is 1.96 bits per heavy atom. The van der Waals surface area contributed by atoms with Crippen molar-refractivity contribution in [2.45, 2.75) is 6.92 Å². The van der Waals surface area contributed by atoms with E-state index < -0.39 is 11.7 Å². The fraction of sp³-hybridized carbons (Fsp3) is 0.158. The fourth-order valence-corrected chi connectivity index (χ4v) is 2.28. The number of amides is 1. The van der Waals surface area contributed by atoms with Gasteiger partial charge in [-0.3, -0.25) is 15.6 Å². The van der Waals surface area contributed by atoms with Gasteiger partial charge >= 0.3 is 0 Å². The second-order valence-corrected chi connectivity index (χ2v) is 5.71. The molecule has 0 bridgehead atoms. The van der Waals surface area contributed by atoms with Crippen molar-refractivity contribution in [1.29, 1.82) is 0 Å². The highest BCUT2D eigenvalue weighted by atomic mass is 32.1. The van der Waals surface area contributed by atoms with E-state index in [4.69, 9.17) is 21.7 Å². The number of para-hydroxylation sites is 1. The van der Waals surface area contributed by atoms with Crippen molar-refractivity contribution in [3.63, 3.8) is 0 Å². The first-order chi connectivity index (χ1) is 13.0. The van der Waals surface area contributed by atoms with Crippen LogP contribution in [-0.4, -0.2) is 24.7 Å². The number of nitrogens with one attached hydrogen (secondary N) is 3. The maximum atomic E-state index is 13.5. The van der Waals surface area contributed by atoms with Gasteiger partial charge in [-0.25, -0.2) is 4.39 Å². The summed E-state index contributed by atoms with van der Waals surface area (Å²) in [5.74, 6) is 0.0353. The Labute approximate surface area is 162 Å². The van der Waals surface area contributed by atoms with E-state index >= 15 is 0 Å². The van der Waals surface area contributed by atoms with E-state index in [2.05, 4.69) is 16.2 Å². The summed E-state index contributed by atoms with van der Waals surface area (Å²) in [5.41, 5.74) is 6.01. The zero-order valence-electron chi connectivity index (χ0n) is 14.9. The van der Waals surface area contributed by atoms with E-state index in [1.165, 1.54) is 19.2 Å². The molecular formula is C19H20FN3O3S. The summed E-state index contributed by atoms with van der Waals surface area (Å²) in [5, 5.41) is 2.68. The molecule has 0 aliphatic rings. The molecule has 0 unspecified atom stereocenters. The molecule has 0 heterocycles. The van der Waals surface area contributed by atoms with Crippen LogP contribution < -0.4 is 25.6 Å². The highest BCUT2D eigenvalue weighted by molar-refractivity contribution is 7.80. The van der Waals surface area contributed by atoms with Gasteiger partial charge in [-0.2, -0.15) is 0 Å². The van der Waals surface area contributed by atoms with Crippen LogP contribution in [-0.2, 0) is 4.79 Å². The van der Waals surface area contributed by atoms with Crippen LogP contribution in [0.3, 0.4) is 0 Å². The summed E-state index contributed by atoms with van der Waals surface area (Å²) in [4.78, 5) is 11.9. The Bertz CT molecular complexity index is 843. The lowest BCUT2D eigenvalue weighted by Gasteiger charge is -2.13. The predicted molar refractivity (Wildman–Crippen MR) is 107 cm³/mol. The average molecular weight is 389 g/mol. The van der Waals surface area contributed by atoms with E-state index in [9.17, 15) is 9.18 Å². The molecule has 3 N–H and O–H groups in total. The third-order valence-electron chi connectivity index (χ3n) is 3.34. The quantitative estimate of drug-likeness (QED) is 0.520. The average Bonchev–Trinajstić information content (AvgIpc) is 2.67. The summed E-state index contributed by atoms with van der Waals surface area (Å²) in [6.07, 6.45) is 3.83. The van der Waals surface area contributed by atoms with E-state index in [0.717, 1.165) is 5.56 Å². The molecule has 0 aromatic heterocycles. The van der Waals surface area contributed by atoms with Gasteiger partial charge in [0.1, 0.15) is 5.82 Å². The normalized spacial score (nSPS) is 10.3. The minimum atomic E-state index is -0.465. The molecule has 0 fully saturated rings. The van der Waals surface area contributed by atoms with E-state index in [0.29, 0.717) is 11.5 Å². The number of hydrogen-bond donors (Lipinski definition) is 3. The number of allylic oxidation sites excluding steroid dienone is 1. The predicted octanol–water partition coefficient (Wildman–Crippen LogP) is 3.26. The van der Waals surface area contributed by atoms with Crippen LogP contribution in [0.4, 0.5) is 10.1 Å². The number of benzene rings is 2. The molecule has 0 spiro atoms. The van der Waals surface area contributed by atoms with Crippen molar-refractivity contribution in [2.24, 2.45) is 0 Å². The molecule has 0 aliphatic carbocycles. The smallest absolute Gasteiger partial charge is 0.276 e. The first-order valence-electron chi connectivity index (χ1n) is 8.07. The summed E-state index contributed by atoms with van der Waals surface area (Å²) in [7, 11) is 1.52. The number of ether oxygens (including phenoxy) is 2. The first-order valence-corrected chi connectivity index (χ1v) is 8.48. The lowest BCUT2D eigenvalue weighted by Crippen LogP contribution is -2.45. The molecule has 142 valence electrons. The third kappa shape index (κ3) is 6.27. The standard InChI is InChI=1S/C19H20FN3O3S/c1-3-6-13-9-10-16(17(11-13)25-2)26-12-18(24)22-23-19(27)21-15-8-5-4-7-14(15)20/h3-11H,12H2,1-2H3,(H,22,24)(H2,21,23,27)/b6-3+. The van der Waals surface area contributed by atoms with Crippen molar-refractivity contribution in [3.8, 4) is 11.5 Å². The lowest BCUT2D eigenvalue weighted by atomic mass is 10.2. The zero-order chi connectivity index (χ0) is 19.6. The van der Waals surface area contributed by atoms with Gasteiger partial charge in [-0.1, -0.05) is 30.4 Å². The number of carbonyl (C=O) groups excluding carboxylic acids is 1. The van der Waals surface area contributed by atoms with E-state index in [-0.39, 0.29) is 17.4 Å². The van der Waals surface area contributed by atoms with Gasteiger partial charge in [0.15, 0.2) is 23.2 Å². The van der Waals surface area contributed by atoms with Crippen molar-refractivity contribution >= 4 is 35.0 Å². The summed E-state index contributed by atoms with van der Waals surface area (Å²) < 4.78 is 24.3. The van der Waals surface area contributed by atoms with Crippen molar-refractivity contribution in [3.05, 3.63) is 59.9 Å². The number of thiocarbonyl (C=S) groups is 1. The maximum absolute atomic E-state index is 13.5. The minimum absolute atomic E-state index is 0.0433. The van der Waals surface area contributed by atoms with Crippen LogP contribution in [0, 0.1) is 5.82 Å². The van der Waals surface area contributed by atoms with Crippen LogP contribution in [0.15, 0.2) is 48.5 Å². The largest absolute Gasteiger partial charge is 0.493 e. The maximum Gasteiger partial charge on any atom is 0.276 e. The number of hydrazine groups is 1. The second-order valence-electron chi connectivity index (χ2n) is 5.31. The first kappa shape index (κ1) is 20.2. The summed E-state index contributed by atoms with van der Waals surface area (Å²) in [6.45, 7) is 1.66. The zero-order valence-corrected chi connectivity index (χ0v) is 15.7. The molecule has 2 aromatic rings. The van der Waals surface area contributed by atoms with Crippen LogP contribution in [0.2, 0.25) is 0 Å². The van der Waals surface area contributed by atoms with Gasteiger partial charge in [-0.05, 0) is 49.0 Å². The molecule has 0 atom stereocenters. The van der Waals surface area contributed by atoms with Gasteiger partial charge in [-0.15, -0.1) is 0 Å². The molecule has 0 aliphatic heterocycles. The van der Waals surface area contributed by atoms with Crippen LogP contribution in [0.1, 0.15) is 12.5 Å². The molecule has 2 rings (SSSR count). The van der Waals surface area contributed by atoms with Crippen molar-refractivity contribution < 1.29 is 18.7 Å². The number of hydrogen-bond acceptors (Lipinski definition) is 4. The van der Waals surface area contributed by atoms with Gasteiger partial charge in [0, 0.05) is 0 Å². The van der Waals surface area contributed by atoms with Gasteiger partial charge in [0.2, 0.25) is 0 Å². The van der Waals surface area contributed by atoms with Gasteiger partial charge in [0.25, 0.3) is 5.91 Å². The Balaban J connectivity index is 1.82. The number of rotatable bonds is 6. The Hall–Kier alpha value is -3.13. The van der Waals surface area contributed by atoms with Crippen molar-refractivity contribution in [2.75, 3.05) is 19.0 Å². The van der Waals surface area contributed by atoms with Gasteiger partial charge in [0.05, 0.1) is 12.8 Å². The molecule has 0 saturated heterocycles. The minimum Gasteiger partial charge on any atom is -0.493 e. The lowest BCUT2D eigenvalue weighted by molar-refractivity contribution is -0.123. The highest BCUT2D eigenvalue weighted by Gasteiger charge is 2.09. The molecule has 1 amide bonds. The monoisotopic (exact) mass is 389 g/mol. The van der Waals surface area contributed by atoms with E-state index in [1.54, 1.807) is 24.3 Å². The number of methoxy groups -OCH3 is 1.